The molecule has 6 nitrogen and oxygen atoms in total. The molecule has 0 aliphatic heterocycles. The van der Waals surface area contributed by atoms with Gasteiger partial charge in [-0.25, -0.2) is 4.98 Å². The fourth-order valence-electron chi connectivity index (χ4n) is 2.52. The first kappa shape index (κ1) is 14.1. The maximum atomic E-state index is 5.99. The third kappa shape index (κ3) is 2.50. The second-order valence-electron chi connectivity index (χ2n) is 5.35. The topological polar surface area (TPSA) is 103 Å². The van der Waals surface area contributed by atoms with Gasteiger partial charge >= 0.3 is 0 Å². The van der Waals surface area contributed by atoms with Gasteiger partial charge < -0.3 is 21.2 Å². The summed E-state index contributed by atoms with van der Waals surface area (Å²) < 4.78 is 5.65. The molecule has 0 fully saturated rings. The van der Waals surface area contributed by atoms with Gasteiger partial charge in [-0.1, -0.05) is 24.3 Å². The molecule has 118 valence electrons. The van der Waals surface area contributed by atoms with Crippen LogP contribution in [0, 0.1) is 0 Å². The number of pyridine rings is 1. The van der Waals surface area contributed by atoms with Gasteiger partial charge in [-0.15, -0.1) is 0 Å². The number of nitrogens with one attached hydrogen (secondary N) is 1. The number of fused-ring (bicyclic) bond motifs is 1. The smallest absolute Gasteiger partial charge is 0.300 e. The van der Waals surface area contributed by atoms with Gasteiger partial charge in [0.25, 0.3) is 6.01 Å². The van der Waals surface area contributed by atoms with Crippen molar-refractivity contribution in [2.45, 2.75) is 0 Å². The molecule has 0 aliphatic carbocycles. The maximum absolute atomic E-state index is 5.99. The van der Waals surface area contributed by atoms with E-state index >= 15 is 0 Å². The van der Waals surface area contributed by atoms with Crippen LogP contribution in [0.1, 0.15) is 0 Å². The van der Waals surface area contributed by atoms with E-state index in [0.717, 1.165) is 27.9 Å². The number of benzene rings is 2. The molecule has 0 saturated carbocycles. The Kier molecular flexibility index (Phi) is 3.28. The van der Waals surface area contributed by atoms with Gasteiger partial charge in [0, 0.05) is 17.4 Å². The second-order valence-corrected chi connectivity index (χ2v) is 5.35. The van der Waals surface area contributed by atoms with Crippen molar-refractivity contribution in [3.05, 3.63) is 60.8 Å². The minimum Gasteiger partial charge on any atom is -0.423 e. The number of hydrogen-bond donors (Lipinski definition) is 3. The van der Waals surface area contributed by atoms with Crippen molar-refractivity contribution in [3.8, 4) is 11.1 Å². The lowest BCUT2D eigenvalue weighted by molar-refractivity contribution is 0.623. The second kappa shape index (κ2) is 5.58. The summed E-state index contributed by atoms with van der Waals surface area (Å²) >= 11 is 0. The molecule has 2 aromatic heterocycles. The Morgan fingerprint density at radius 2 is 1.71 bits per heavy atom. The zero-order valence-electron chi connectivity index (χ0n) is 12.7. The normalized spacial score (nSPS) is 10.8. The van der Waals surface area contributed by atoms with E-state index in [4.69, 9.17) is 15.9 Å². The average Bonchev–Trinajstić information content (AvgIpc) is 3.00. The first-order valence-electron chi connectivity index (χ1n) is 7.44. The number of rotatable bonds is 3. The maximum Gasteiger partial charge on any atom is 0.300 e. The van der Waals surface area contributed by atoms with Crippen LogP contribution in [0.5, 0.6) is 0 Å². The number of oxazole rings is 1. The number of aromatic nitrogens is 2. The zero-order chi connectivity index (χ0) is 16.5. The summed E-state index contributed by atoms with van der Waals surface area (Å²) in [5.74, 6) is 0.334. The molecular formula is C18H15N5O. The van der Waals surface area contributed by atoms with Crippen molar-refractivity contribution in [1.82, 2.24) is 9.97 Å². The fraction of sp³-hybridized carbons (Fsp3) is 0. The Bertz CT molecular complexity index is 975. The van der Waals surface area contributed by atoms with Crippen molar-refractivity contribution in [3.63, 3.8) is 0 Å². The molecule has 2 heterocycles. The van der Waals surface area contributed by atoms with E-state index in [1.807, 2.05) is 54.6 Å². The Morgan fingerprint density at radius 1 is 0.917 bits per heavy atom. The molecular weight excluding hydrogens is 302 g/mol. The highest BCUT2D eigenvalue weighted by Crippen LogP contribution is 2.30. The van der Waals surface area contributed by atoms with Crippen LogP contribution in [0.15, 0.2) is 65.2 Å². The molecule has 4 aromatic rings. The first-order valence-corrected chi connectivity index (χ1v) is 7.44. The van der Waals surface area contributed by atoms with Crippen molar-refractivity contribution in [2.75, 3.05) is 16.8 Å². The number of nitrogen functional groups attached to an aromatic ring is 2. The van der Waals surface area contributed by atoms with Gasteiger partial charge in [-0.2, -0.15) is 4.98 Å². The van der Waals surface area contributed by atoms with E-state index in [9.17, 15) is 0 Å². The highest BCUT2D eigenvalue weighted by atomic mass is 16.4. The van der Waals surface area contributed by atoms with E-state index in [2.05, 4.69) is 15.3 Å². The quantitative estimate of drug-likeness (QED) is 0.531. The molecule has 0 spiro atoms. The number of anilines is 4. The van der Waals surface area contributed by atoms with Crippen LogP contribution < -0.4 is 16.8 Å². The highest BCUT2D eigenvalue weighted by molar-refractivity contribution is 5.83. The van der Waals surface area contributed by atoms with Crippen molar-refractivity contribution < 1.29 is 4.42 Å². The molecule has 0 bridgehead atoms. The molecule has 4 rings (SSSR count). The number of nitrogens with zero attached hydrogens (tertiary/aromatic N) is 2. The summed E-state index contributed by atoms with van der Waals surface area (Å²) in [5.41, 5.74) is 16.5. The highest BCUT2D eigenvalue weighted by Gasteiger charge is 2.08. The van der Waals surface area contributed by atoms with Crippen LogP contribution in [-0.2, 0) is 0 Å². The SMILES string of the molecule is Nc1nccc(-c2ccc(Nc3nc4ccccc4o3)cc2)c1N. The first-order chi connectivity index (χ1) is 11.7. The van der Waals surface area contributed by atoms with Crippen molar-refractivity contribution in [2.24, 2.45) is 0 Å². The largest absolute Gasteiger partial charge is 0.423 e. The Hall–Kier alpha value is -3.54. The molecule has 0 amide bonds. The van der Waals surface area contributed by atoms with E-state index in [0.29, 0.717) is 17.5 Å². The van der Waals surface area contributed by atoms with E-state index in [-0.39, 0.29) is 0 Å². The van der Waals surface area contributed by atoms with E-state index in [1.54, 1.807) is 6.20 Å². The number of nitrogens with two attached hydrogens (primary N) is 2. The van der Waals surface area contributed by atoms with Crippen LogP contribution >= 0.6 is 0 Å². The Morgan fingerprint density at radius 3 is 2.50 bits per heavy atom. The van der Waals surface area contributed by atoms with E-state index < -0.39 is 0 Å². The Balaban J connectivity index is 1.60. The van der Waals surface area contributed by atoms with Gasteiger partial charge in [0.2, 0.25) is 0 Å². The standard InChI is InChI=1S/C18H15N5O/c19-16-13(9-10-21-17(16)20)11-5-7-12(8-6-11)22-18-23-14-3-1-2-4-15(14)24-18/h1-10H,19H2,(H2,20,21)(H,22,23). The van der Waals surface area contributed by atoms with E-state index in [1.165, 1.54) is 0 Å². The summed E-state index contributed by atoms with van der Waals surface area (Å²) in [6.45, 7) is 0. The zero-order valence-corrected chi connectivity index (χ0v) is 12.7. The molecule has 24 heavy (non-hydrogen) atoms. The van der Waals surface area contributed by atoms with Gasteiger partial charge in [-0.05, 0) is 35.9 Å². The minimum absolute atomic E-state index is 0.334. The van der Waals surface area contributed by atoms with Crippen LogP contribution in [0.2, 0.25) is 0 Å². The lowest BCUT2D eigenvalue weighted by Crippen LogP contribution is -1.99. The van der Waals surface area contributed by atoms with Gasteiger partial charge in [-0.3, -0.25) is 0 Å². The van der Waals surface area contributed by atoms with Crippen LogP contribution in [0.3, 0.4) is 0 Å². The molecule has 5 N–H and O–H groups in total. The van der Waals surface area contributed by atoms with Gasteiger partial charge in [0.05, 0.1) is 5.69 Å². The lowest BCUT2D eigenvalue weighted by atomic mass is 10.0. The molecule has 0 unspecified atom stereocenters. The van der Waals surface area contributed by atoms with Crippen LogP contribution in [-0.4, -0.2) is 9.97 Å². The number of hydrogen-bond acceptors (Lipinski definition) is 6. The Labute approximate surface area is 138 Å². The molecule has 0 saturated heterocycles. The summed E-state index contributed by atoms with van der Waals surface area (Å²) in [7, 11) is 0. The molecule has 0 aliphatic rings. The predicted molar refractivity (Wildman–Crippen MR) is 95.8 cm³/mol. The van der Waals surface area contributed by atoms with Gasteiger partial charge in [0.1, 0.15) is 11.3 Å². The summed E-state index contributed by atoms with van der Waals surface area (Å²) in [6, 6.07) is 17.7. The fourth-order valence-corrected chi connectivity index (χ4v) is 2.52. The summed E-state index contributed by atoms with van der Waals surface area (Å²) in [6.07, 6.45) is 1.64. The third-order valence-electron chi connectivity index (χ3n) is 3.76. The summed E-state index contributed by atoms with van der Waals surface area (Å²) in [4.78, 5) is 8.37. The van der Waals surface area contributed by atoms with Crippen molar-refractivity contribution in [1.29, 1.82) is 0 Å². The molecule has 2 aromatic carbocycles. The molecule has 6 heteroatoms. The van der Waals surface area contributed by atoms with Crippen LogP contribution in [0.25, 0.3) is 22.2 Å². The van der Waals surface area contributed by atoms with Crippen LogP contribution in [0.4, 0.5) is 23.2 Å². The van der Waals surface area contributed by atoms with Crippen molar-refractivity contribution >= 4 is 34.3 Å². The molecule has 0 atom stereocenters. The third-order valence-corrected chi connectivity index (χ3v) is 3.76. The summed E-state index contributed by atoms with van der Waals surface area (Å²) in [5, 5.41) is 3.15. The lowest BCUT2D eigenvalue weighted by Gasteiger charge is -2.08. The average molecular weight is 317 g/mol. The predicted octanol–water partition coefficient (Wildman–Crippen LogP) is 3.80. The number of para-hydroxylation sites is 2. The van der Waals surface area contributed by atoms with Gasteiger partial charge in [0.15, 0.2) is 5.58 Å². The molecule has 0 radical (unpaired) electrons. The minimum atomic E-state index is 0.334. The monoisotopic (exact) mass is 317 g/mol.